The number of allylic oxidation sites excluding steroid dienone is 1. The van der Waals surface area contributed by atoms with Crippen molar-refractivity contribution in [1.29, 1.82) is 0 Å². The predicted molar refractivity (Wildman–Crippen MR) is 83.3 cm³/mol. The van der Waals surface area contributed by atoms with Crippen LogP contribution in [-0.4, -0.2) is 39.5 Å². The van der Waals surface area contributed by atoms with E-state index in [0.29, 0.717) is 18.1 Å². The molecule has 1 aromatic heterocycles. The van der Waals surface area contributed by atoms with Crippen molar-refractivity contribution in [2.24, 2.45) is 10.7 Å². The highest BCUT2D eigenvalue weighted by Gasteiger charge is 2.24. The van der Waals surface area contributed by atoms with Crippen LogP contribution in [0.2, 0.25) is 0 Å². The zero-order chi connectivity index (χ0) is 16.3. The van der Waals surface area contributed by atoms with Gasteiger partial charge in [0.1, 0.15) is 11.7 Å². The second kappa shape index (κ2) is 6.44. The van der Waals surface area contributed by atoms with E-state index in [2.05, 4.69) is 15.3 Å². The van der Waals surface area contributed by atoms with Gasteiger partial charge in [0.2, 0.25) is 5.91 Å². The highest BCUT2D eigenvalue weighted by atomic mass is 16.3. The number of hydrogen-bond acceptors (Lipinski definition) is 7. The number of aliphatic imine (C=N–C) groups is 1. The van der Waals surface area contributed by atoms with Crippen molar-refractivity contribution in [1.82, 2.24) is 15.2 Å². The Kier molecular flexibility index (Phi) is 4.62. The number of amidine groups is 1. The number of aliphatic hydroxyl groups excluding tert-OH is 1. The summed E-state index contributed by atoms with van der Waals surface area (Å²) in [7, 11) is 0. The number of nitrogens with two attached hydrogens (primary N) is 2. The van der Waals surface area contributed by atoms with Crippen LogP contribution >= 0.6 is 0 Å². The van der Waals surface area contributed by atoms with Gasteiger partial charge in [0.05, 0.1) is 6.54 Å². The van der Waals surface area contributed by atoms with E-state index < -0.39 is 6.23 Å². The second-order valence-corrected chi connectivity index (χ2v) is 5.08. The van der Waals surface area contributed by atoms with Crippen LogP contribution in [0.25, 0.3) is 0 Å². The molecule has 0 aliphatic carbocycles. The minimum atomic E-state index is -1.09. The third kappa shape index (κ3) is 3.53. The number of rotatable bonds is 4. The number of nitrogen functional groups attached to an aromatic ring is 1. The summed E-state index contributed by atoms with van der Waals surface area (Å²) in [5.41, 5.74) is 13.5. The lowest BCUT2D eigenvalue weighted by atomic mass is 10.2. The molecule has 6 N–H and O–H groups in total. The molecule has 1 aliphatic rings. The Labute approximate surface area is 128 Å². The summed E-state index contributed by atoms with van der Waals surface area (Å²) in [6.07, 6.45) is 0.430. The Morgan fingerprint density at radius 2 is 2.14 bits per heavy atom. The Hall–Kier alpha value is -2.61. The molecular formula is C14H20N6O2. The Morgan fingerprint density at radius 3 is 2.82 bits per heavy atom. The number of aryl methyl sites for hydroxylation is 1. The third-order valence-corrected chi connectivity index (χ3v) is 3.42. The molecule has 2 heterocycles. The number of nitrogens with zero attached hydrogens (tertiary/aromatic N) is 3. The van der Waals surface area contributed by atoms with Crippen molar-refractivity contribution in [2.45, 2.75) is 26.6 Å². The fourth-order valence-corrected chi connectivity index (χ4v) is 2.07. The number of amides is 1. The highest BCUT2D eigenvalue weighted by molar-refractivity contribution is 5.87. The van der Waals surface area contributed by atoms with E-state index in [-0.39, 0.29) is 18.3 Å². The van der Waals surface area contributed by atoms with Gasteiger partial charge in [-0.3, -0.25) is 4.79 Å². The normalized spacial score (nSPS) is 17.8. The fraction of sp³-hybridized carbons (Fsp3) is 0.357. The summed E-state index contributed by atoms with van der Waals surface area (Å²) in [5.74, 6) is 0.272. The average molecular weight is 304 g/mol. The first-order chi connectivity index (χ1) is 10.4. The van der Waals surface area contributed by atoms with Crippen molar-refractivity contribution < 1.29 is 9.90 Å². The zero-order valence-electron chi connectivity index (χ0n) is 12.6. The Bertz CT molecular complexity index is 640. The number of anilines is 1. The summed E-state index contributed by atoms with van der Waals surface area (Å²) in [6, 6.07) is 3.51. The van der Waals surface area contributed by atoms with Gasteiger partial charge in [-0.05, 0) is 25.5 Å². The molecule has 0 spiro atoms. The number of carbonyl (C=O) groups excluding carboxylic acids is 1. The summed E-state index contributed by atoms with van der Waals surface area (Å²) >= 11 is 0. The van der Waals surface area contributed by atoms with E-state index in [0.717, 1.165) is 11.3 Å². The standard InChI is InChI=1S/C14H20N6O2/c1-8-5-18-13(16)14(22)20(8)7-12(21)17-6-10-3-4-11(15)19-9(10)2/h3-5,14,22H,6-7H2,1-2H3,(H2,15,19)(H2,16,18)(H,17,21). The van der Waals surface area contributed by atoms with E-state index in [1.807, 2.05) is 13.0 Å². The monoisotopic (exact) mass is 304 g/mol. The van der Waals surface area contributed by atoms with Gasteiger partial charge in [-0.25, -0.2) is 9.98 Å². The molecule has 118 valence electrons. The number of aliphatic hydroxyl groups is 1. The minimum absolute atomic E-state index is 0.0127. The summed E-state index contributed by atoms with van der Waals surface area (Å²) in [6.45, 7) is 3.91. The van der Waals surface area contributed by atoms with Crippen molar-refractivity contribution in [3.05, 3.63) is 35.3 Å². The van der Waals surface area contributed by atoms with Gasteiger partial charge >= 0.3 is 0 Å². The van der Waals surface area contributed by atoms with Crippen molar-refractivity contribution in [3.8, 4) is 0 Å². The van der Waals surface area contributed by atoms with Crippen molar-refractivity contribution in [2.75, 3.05) is 12.3 Å². The predicted octanol–water partition coefficient (Wildman–Crippen LogP) is -0.559. The van der Waals surface area contributed by atoms with E-state index in [4.69, 9.17) is 11.5 Å². The molecule has 1 aromatic rings. The molecule has 22 heavy (non-hydrogen) atoms. The van der Waals surface area contributed by atoms with Crippen LogP contribution in [0.15, 0.2) is 29.0 Å². The molecule has 0 fully saturated rings. The number of aromatic nitrogens is 1. The van der Waals surface area contributed by atoms with Crippen LogP contribution in [-0.2, 0) is 11.3 Å². The maximum atomic E-state index is 12.0. The molecule has 0 saturated heterocycles. The van der Waals surface area contributed by atoms with E-state index >= 15 is 0 Å². The molecule has 0 radical (unpaired) electrons. The fourth-order valence-electron chi connectivity index (χ4n) is 2.07. The molecule has 1 unspecified atom stereocenters. The van der Waals surface area contributed by atoms with Crippen LogP contribution in [0.5, 0.6) is 0 Å². The van der Waals surface area contributed by atoms with Gasteiger partial charge < -0.3 is 26.8 Å². The van der Waals surface area contributed by atoms with Crippen LogP contribution in [0.3, 0.4) is 0 Å². The van der Waals surface area contributed by atoms with E-state index in [1.165, 1.54) is 11.1 Å². The summed E-state index contributed by atoms with van der Waals surface area (Å²) in [4.78, 5) is 21.5. The van der Waals surface area contributed by atoms with Crippen LogP contribution < -0.4 is 16.8 Å². The molecule has 0 bridgehead atoms. The first kappa shape index (κ1) is 15.8. The van der Waals surface area contributed by atoms with Gasteiger partial charge in [-0.2, -0.15) is 0 Å². The molecule has 1 amide bonds. The lowest BCUT2D eigenvalue weighted by Crippen LogP contribution is -2.49. The summed E-state index contributed by atoms with van der Waals surface area (Å²) < 4.78 is 0. The number of carbonyl (C=O) groups is 1. The van der Waals surface area contributed by atoms with Gasteiger partial charge in [-0.15, -0.1) is 0 Å². The first-order valence-electron chi connectivity index (χ1n) is 6.82. The molecule has 1 aliphatic heterocycles. The molecule has 2 rings (SSSR count). The zero-order valence-corrected chi connectivity index (χ0v) is 12.6. The Morgan fingerprint density at radius 1 is 1.41 bits per heavy atom. The number of hydrogen-bond donors (Lipinski definition) is 4. The topological polar surface area (TPSA) is 130 Å². The molecule has 1 atom stereocenters. The smallest absolute Gasteiger partial charge is 0.239 e. The van der Waals surface area contributed by atoms with Crippen molar-refractivity contribution >= 4 is 17.6 Å². The maximum Gasteiger partial charge on any atom is 0.239 e. The van der Waals surface area contributed by atoms with E-state index in [1.54, 1.807) is 13.0 Å². The van der Waals surface area contributed by atoms with Crippen molar-refractivity contribution in [3.63, 3.8) is 0 Å². The minimum Gasteiger partial charge on any atom is -0.384 e. The van der Waals surface area contributed by atoms with E-state index in [9.17, 15) is 9.90 Å². The third-order valence-electron chi connectivity index (χ3n) is 3.42. The van der Waals surface area contributed by atoms with Gasteiger partial charge in [0.25, 0.3) is 0 Å². The second-order valence-electron chi connectivity index (χ2n) is 5.08. The molecule has 8 heteroatoms. The van der Waals surface area contributed by atoms with Crippen LogP contribution in [0.4, 0.5) is 5.82 Å². The molecule has 0 saturated carbocycles. The number of pyridine rings is 1. The van der Waals surface area contributed by atoms with Gasteiger partial charge in [0, 0.05) is 24.1 Å². The highest BCUT2D eigenvalue weighted by Crippen LogP contribution is 2.13. The van der Waals surface area contributed by atoms with Gasteiger partial charge in [-0.1, -0.05) is 6.07 Å². The quantitative estimate of drug-likeness (QED) is 0.590. The maximum absolute atomic E-state index is 12.0. The van der Waals surface area contributed by atoms with Gasteiger partial charge in [0.15, 0.2) is 6.23 Å². The SMILES string of the molecule is CC1=CN=C(N)C(O)N1CC(=O)NCc1ccc(N)nc1C. The first-order valence-corrected chi connectivity index (χ1v) is 6.82. The Balaban J connectivity index is 1.93. The lowest BCUT2D eigenvalue weighted by molar-refractivity contribution is -0.123. The molecular weight excluding hydrogens is 284 g/mol. The molecule has 8 nitrogen and oxygen atoms in total. The van der Waals surface area contributed by atoms with Crippen LogP contribution in [0, 0.1) is 6.92 Å². The largest absolute Gasteiger partial charge is 0.384 e. The summed E-state index contributed by atoms with van der Waals surface area (Å²) in [5, 5.41) is 12.7. The van der Waals surface area contributed by atoms with Crippen LogP contribution in [0.1, 0.15) is 18.2 Å². The lowest BCUT2D eigenvalue weighted by Gasteiger charge is -2.31. The molecule has 0 aromatic carbocycles. The number of nitrogens with one attached hydrogen (secondary N) is 1. The average Bonchev–Trinajstić information content (AvgIpc) is 2.47.